The Morgan fingerprint density at radius 2 is 1.82 bits per heavy atom. The Balaban J connectivity index is 1.50. The monoisotopic (exact) mass is 474 g/mol. The van der Waals surface area contributed by atoms with Crippen LogP contribution in [0, 0.1) is 0 Å². The first-order valence-corrected chi connectivity index (χ1v) is 11.6. The number of nitrogens with zero attached hydrogens (tertiary/aromatic N) is 5. The third-order valence-corrected chi connectivity index (χ3v) is 6.97. The number of esters is 1. The zero-order valence-electron chi connectivity index (χ0n) is 19.8. The van der Waals surface area contributed by atoms with Gasteiger partial charge in [-0.3, -0.25) is 28.8 Å². The summed E-state index contributed by atoms with van der Waals surface area (Å²) in [5.74, 6) is -0.845. The number of hydrogen-bond donors (Lipinski definition) is 1. The first-order chi connectivity index (χ1) is 16.2. The molecule has 0 atom stereocenters. The smallest absolute Gasteiger partial charge is 0.330 e. The molecule has 34 heavy (non-hydrogen) atoms. The number of carbonyl (C=O) groups excluding carboxylic acids is 3. The highest BCUT2D eigenvalue weighted by atomic mass is 16.5. The van der Waals surface area contributed by atoms with E-state index in [0.717, 1.165) is 37.0 Å². The maximum atomic E-state index is 13.0. The highest BCUT2D eigenvalue weighted by Gasteiger charge is 2.55. The fraction of sp³-hybridized carbons (Fsp3) is 0.636. The van der Waals surface area contributed by atoms with E-state index in [-0.39, 0.29) is 29.5 Å². The number of H-pyrrole nitrogens is 1. The Morgan fingerprint density at radius 1 is 1.12 bits per heavy atom. The number of rotatable bonds is 7. The summed E-state index contributed by atoms with van der Waals surface area (Å²) in [5, 5.41) is 0. The molecule has 2 aliphatic rings. The molecule has 1 spiro atoms. The number of aryl methyl sites for hydroxylation is 2. The van der Waals surface area contributed by atoms with Crippen molar-refractivity contribution in [2.75, 3.05) is 13.6 Å². The van der Waals surface area contributed by atoms with E-state index < -0.39 is 35.3 Å². The molecule has 2 aromatic heterocycles. The molecule has 2 fully saturated rings. The molecule has 1 saturated carbocycles. The second-order valence-corrected chi connectivity index (χ2v) is 9.01. The van der Waals surface area contributed by atoms with Gasteiger partial charge in [-0.1, -0.05) is 32.6 Å². The first-order valence-electron chi connectivity index (χ1n) is 11.6. The quantitative estimate of drug-likeness (QED) is 0.464. The van der Waals surface area contributed by atoms with Gasteiger partial charge in [-0.15, -0.1) is 0 Å². The minimum absolute atomic E-state index is 0.201. The molecule has 1 N–H and O–H groups in total. The second-order valence-electron chi connectivity index (χ2n) is 9.01. The van der Waals surface area contributed by atoms with Crippen molar-refractivity contribution < 1.29 is 19.1 Å². The molecule has 0 bridgehead atoms. The molecule has 0 unspecified atom stereocenters. The molecule has 1 aliphatic heterocycles. The number of carbonyl (C=O) groups is 3. The van der Waals surface area contributed by atoms with Gasteiger partial charge in [0.2, 0.25) is 0 Å². The van der Waals surface area contributed by atoms with Gasteiger partial charge in [-0.25, -0.2) is 14.6 Å². The van der Waals surface area contributed by atoms with Crippen molar-refractivity contribution in [1.82, 2.24) is 28.9 Å². The second kappa shape index (κ2) is 9.07. The van der Waals surface area contributed by atoms with Crippen LogP contribution < -0.4 is 11.2 Å². The zero-order chi connectivity index (χ0) is 24.6. The average molecular weight is 475 g/mol. The van der Waals surface area contributed by atoms with Gasteiger partial charge in [0.05, 0.1) is 0 Å². The van der Waals surface area contributed by atoms with Gasteiger partial charge in [-0.2, -0.15) is 0 Å². The van der Waals surface area contributed by atoms with Gasteiger partial charge >= 0.3 is 17.7 Å². The highest BCUT2D eigenvalue weighted by Crippen LogP contribution is 2.39. The lowest BCUT2D eigenvalue weighted by atomic mass is 9.81. The molecule has 184 valence electrons. The summed E-state index contributed by atoms with van der Waals surface area (Å²) in [4.78, 5) is 72.0. The van der Waals surface area contributed by atoms with Crippen molar-refractivity contribution in [3.8, 4) is 0 Å². The van der Waals surface area contributed by atoms with Gasteiger partial charge < -0.3 is 14.2 Å². The predicted molar refractivity (Wildman–Crippen MR) is 121 cm³/mol. The number of amides is 3. The van der Waals surface area contributed by atoms with E-state index in [4.69, 9.17) is 4.74 Å². The van der Waals surface area contributed by atoms with Crippen LogP contribution in [-0.4, -0.2) is 65.9 Å². The summed E-state index contributed by atoms with van der Waals surface area (Å²) in [7, 11) is 3.20. The Labute approximate surface area is 195 Å². The van der Waals surface area contributed by atoms with Crippen LogP contribution in [0.15, 0.2) is 9.59 Å². The Morgan fingerprint density at radius 3 is 2.50 bits per heavy atom. The van der Waals surface area contributed by atoms with Crippen molar-refractivity contribution in [2.24, 2.45) is 7.05 Å². The van der Waals surface area contributed by atoms with E-state index in [2.05, 4.69) is 9.97 Å². The fourth-order valence-corrected chi connectivity index (χ4v) is 4.93. The topological polar surface area (TPSA) is 140 Å². The number of likely N-dealkylation sites (N-methyl/N-ethyl adjacent to an activating group) is 1. The van der Waals surface area contributed by atoms with E-state index in [1.165, 1.54) is 14.0 Å². The molecule has 2 aromatic rings. The number of urea groups is 1. The minimum Gasteiger partial charge on any atom is -0.456 e. The number of ether oxygens (including phenoxy) is 1. The Bertz CT molecular complexity index is 1250. The van der Waals surface area contributed by atoms with Crippen molar-refractivity contribution in [3.05, 3.63) is 26.7 Å². The SMILES string of the molecule is CCCCn1c(=O)[nH]c(=O)c2c1nc(COC(=O)CN1C(=O)N(C)C3(CCCCC3)C1=O)n2C. The average Bonchev–Trinajstić information content (AvgIpc) is 3.23. The Hall–Kier alpha value is -3.44. The molecular weight excluding hydrogens is 444 g/mol. The summed E-state index contributed by atoms with van der Waals surface area (Å²) < 4.78 is 8.18. The number of fused-ring (bicyclic) bond motifs is 1. The normalized spacial score (nSPS) is 17.9. The number of aromatic amines is 1. The van der Waals surface area contributed by atoms with Gasteiger partial charge in [0.15, 0.2) is 11.2 Å². The van der Waals surface area contributed by atoms with Crippen LogP contribution >= 0.6 is 0 Å². The molecule has 3 amide bonds. The molecule has 4 rings (SSSR count). The van der Waals surface area contributed by atoms with Crippen LogP contribution in [0.3, 0.4) is 0 Å². The van der Waals surface area contributed by atoms with Crippen molar-refractivity contribution in [2.45, 2.75) is 70.6 Å². The number of aromatic nitrogens is 4. The van der Waals surface area contributed by atoms with E-state index in [0.29, 0.717) is 19.4 Å². The van der Waals surface area contributed by atoms with Crippen LogP contribution in [0.25, 0.3) is 11.2 Å². The molecule has 0 radical (unpaired) electrons. The molecule has 0 aromatic carbocycles. The van der Waals surface area contributed by atoms with E-state index in [1.54, 1.807) is 14.1 Å². The molecule has 12 heteroatoms. The molecular formula is C22H30N6O6. The van der Waals surface area contributed by atoms with Gasteiger partial charge in [0, 0.05) is 20.6 Å². The predicted octanol–water partition coefficient (Wildman–Crippen LogP) is 0.864. The Kier molecular flexibility index (Phi) is 6.32. The largest absolute Gasteiger partial charge is 0.456 e. The minimum atomic E-state index is -0.865. The van der Waals surface area contributed by atoms with Crippen LogP contribution in [0.2, 0.25) is 0 Å². The maximum absolute atomic E-state index is 13.0. The third-order valence-electron chi connectivity index (χ3n) is 6.97. The summed E-state index contributed by atoms with van der Waals surface area (Å²) >= 11 is 0. The lowest BCUT2D eigenvalue weighted by molar-refractivity contribution is -0.149. The van der Waals surface area contributed by atoms with Gasteiger partial charge in [-0.05, 0) is 19.3 Å². The van der Waals surface area contributed by atoms with E-state index in [1.807, 2.05) is 6.92 Å². The molecule has 3 heterocycles. The summed E-state index contributed by atoms with van der Waals surface area (Å²) in [6.07, 6.45) is 5.51. The number of nitrogens with one attached hydrogen (secondary N) is 1. The summed E-state index contributed by atoms with van der Waals surface area (Å²) in [5.41, 5.74) is -1.56. The highest BCUT2D eigenvalue weighted by molar-refractivity contribution is 6.08. The van der Waals surface area contributed by atoms with Gasteiger partial charge in [0.25, 0.3) is 11.5 Å². The standard InChI is InChI=1S/C22H30N6O6/c1-4-5-11-27-17-16(18(30)24-20(27)32)25(2)14(23-17)13-34-15(29)12-28-19(31)22(26(3)21(28)33)9-7-6-8-10-22/h4-13H2,1-3H3,(H,24,30,32). The zero-order valence-corrected chi connectivity index (χ0v) is 19.8. The summed E-state index contributed by atoms with van der Waals surface area (Å²) in [6, 6.07) is -0.502. The lowest BCUT2D eigenvalue weighted by Gasteiger charge is -2.35. The van der Waals surface area contributed by atoms with Crippen LogP contribution in [-0.2, 0) is 34.5 Å². The van der Waals surface area contributed by atoms with E-state index >= 15 is 0 Å². The third kappa shape index (κ3) is 3.80. The van der Waals surface area contributed by atoms with Crippen LogP contribution in [0.5, 0.6) is 0 Å². The summed E-state index contributed by atoms with van der Waals surface area (Å²) in [6.45, 7) is 1.62. The van der Waals surface area contributed by atoms with Crippen molar-refractivity contribution in [3.63, 3.8) is 0 Å². The van der Waals surface area contributed by atoms with Gasteiger partial charge in [0.1, 0.15) is 24.5 Å². The fourth-order valence-electron chi connectivity index (χ4n) is 4.93. The lowest BCUT2D eigenvalue weighted by Crippen LogP contribution is -2.49. The van der Waals surface area contributed by atoms with Crippen molar-refractivity contribution >= 4 is 29.1 Å². The van der Waals surface area contributed by atoms with Crippen molar-refractivity contribution in [1.29, 1.82) is 0 Å². The molecule has 1 aliphatic carbocycles. The van der Waals surface area contributed by atoms with E-state index in [9.17, 15) is 24.0 Å². The molecule has 1 saturated heterocycles. The van der Waals surface area contributed by atoms with Crippen LogP contribution in [0.1, 0.15) is 57.7 Å². The first kappa shape index (κ1) is 23.7. The number of unbranched alkanes of at least 4 members (excludes halogenated alkanes) is 1. The maximum Gasteiger partial charge on any atom is 0.330 e. The number of hydrogen-bond acceptors (Lipinski definition) is 7. The van der Waals surface area contributed by atoms with Crippen LogP contribution in [0.4, 0.5) is 4.79 Å². The number of imidazole rings is 1. The molecule has 12 nitrogen and oxygen atoms in total. The number of imide groups is 1.